The Morgan fingerprint density at radius 1 is 0.967 bits per heavy atom. The van der Waals surface area contributed by atoms with Crippen LogP contribution in [0.4, 0.5) is 11.4 Å². The van der Waals surface area contributed by atoms with Crippen LogP contribution in [-0.4, -0.2) is 21.9 Å². The number of carbonyl (C=O) groups excluding carboxylic acids is 1. The summed E-state index contributed by atoms with van der Waals surface area (Å²) < 4.78 is 0. The quantitative estimate of drug-likeness (QED) is 0.454. The van der Waals surface area contributed by atoms with Gasteiger partial charge >= 0.3 is 5.97 Å². The highest BCUT2D eigenvalue weighted by atomic mass is 16.6. The number of nitrogens with zero attached hydrogens (tertiary/aromatic N) is 2. The normalized spacial score (nSPS) is 10.4. The highest BCUT2D eigenvalue weighted by Crippen LogP contribution is 2.26. The molecule has 1 amide bonds. The van der Waals surface area contributed by atoms with Gasteiger partial charge in [-0.05, 0) is 47.9 Å². The Labute approximate surface area is 173 Å². The Balaban J connectivity index is 2.03. The molecule has 0 unspecified atom stereocenters. The fourth-order valence-corrected chi connectivity index (χ4v) is 3.21. The second-order valence-corrected chi connectivity index (χ2v) is 6.68. The lowest BCUT2D eigenvalue weighted by Gasteiger charge is -2.25. The van der Waals surface area contributed by atoms with Gasteiger partial charge in [-0.15, -0.1) is 0 Å². The Hall–Kier alpha value is -4.00. The molecule has 7 nitrogen and oxygen atoms in total. The third-order valence-electron chi connectivity index (χ3n) is 4.75. The van der Waals surface area contributed by atoms with Crippen molar-refractivity contribution in [2.24, 2.45) is 0 Å². The molecule has 0 fully saturated rings. The highest BCUT2D eigenvalue weighted by Gasteiger charge is 2.21. The van der Waals surface area contributed by atoms with Gasteiger partial charge in [-0.3, -0.25) is 14.9 Å². The number of para-hydroxylation sites is 1. The molecule has 0 aliphatic rings. The molecule has 0 radical (unpaired) electrons. The molecule has 0 aromatic heterocycles. The molecule has 3 aromatic carbocycles. The number of carboxylic acid groups (broad SMARTS) is 1. The van der Waals surface area contributed by atoms with Gasteiger partial charge in [0.2, 0.25) is 0 Å². The Bertz CT molecular complexity index is 1090. The number of amides is 1. The first-order valence-electron chi connectivity index (χ1n) is 9.37. The van der Waals surface area contributed by atoms with Crippen molar-refractivity contribution in [1.82, 2.24) is 0 Å². The molecule has 7 heteroatoms. The number of hydrogen-bond donors (Lipinski definition) is 1. The maximum absolute atomic E-state index is 13.4. The van der Waals surface area contributed by atoms with Gasteiger partial charge in [-0.1, -0.05) is 37.3 Å². The molecule has 0 heterocycles. The zero-order chi connectivity index (χ0) is 21.7. The maximum Gasteiger partial charge on any atom is 0.335 e. The lowest BCUT2D eigenvalue weighted by molar-refractivity contribution is -0.384. The molecule has 152 valence electrons. The van der Waals surface area contributed by atoms with Crippen molar-refractivity contribution in [2.45, 2.75) is 19.9 Å². The van der Waals surface area contributed by atoms with E-state index < -0.39 is 10.9 Å². The lowest BCUT2D eigenvalue weighted by Crippen LogP contribution is -2.31. The number of nitro benzene ring substituents is 1. The van der Waals surface area contributed by atoms with E-state index >= 15 is 0 Å². The largest absolute Gasteiger partial charge is 0.478 e. The fourth-order valence-electron chi connectivity index (χ4n) is 3.21. The number of aryl methyl sites for hydroxylation is 1. The second-order valence-electron chi connectivity index (χ2n) is 6.68. The van der Waals surface area contributed by atoms with Crippen LogP contribution in [0.15, 0.2) is 72.8 Å². The number of non-ortho nitro benzene ring substituents is 1. The van der Waals surface area contributed by atoms with Gasteiger partial charge in [-0.25, -0.2) is 4.79 Å². The average Bonchev–Trinajstić information content (AvgIpc) is 2.77. The molecule has 30 heavy (non-hydrogen) atoms. The van der Waals surface area contributed by atoms with Crippen molar-refractivity contribution < 1.29 is 19.6 Å². The monoisotopic (exact) mass is 404 g/mol. The predicted molar refractivity (Wildman–Crippen MR) is 113 cm³/mol. The van der Waals surface area contributed by atoms with Gasteiger partial charge in [0.1, 0.15) is 0 Å². The first-order valence-corrected chi connectivity index (χ1v) is 9.37. The highest BCUT2D eigenvalue weighted by molar-refractivity contribution is 6.06. The Morgan fingerprint density at radius 3 is 2.30 bits per heavy atom. The predicted octanol–water partition coefficient (Wildman–Crippen LogP) is 4.70. The van der Waals surface area contributed by atoms with Gasteiger partial charge in [0.15, 0.2) is 0 Å². The van der Waals surface area contributed by atoms with E-state index in [1.807, 2.05) is 31.2 Å². The minimum absolute atomic E-state index is 0.0961. The second kappa shape index (κ2) is 9.00. The van der Waals surface area contributed by atoms with Gasteiger partial charge in [0.05, 0.1) is 17.0 Å². The Morgan fingerprint density at radius 2 is 1.67 bits per heavy atom. The lowest BCUT2D eigenvalue weighted by atomic mass is 10.1. The van der Waals surface area contributed by atoms with E-state index in [1.165, 1.54) is 36.4 Å². The number of benzene rings is 3. The molecule has 1 N–H and O–H groups in total. The summed E-state index contributed by atoms with van der Waals surface area (Å²) in [6.45, 7) is 2.15. The molecule has 0 spiro atoms. The Kier molecular flexibility index (Phi) is 6.22. The molecule has 3 aromatic rings. The van der Waals surface area contributed by atoms with Crippen LogP contribution in [0, 0.1) is 10.1 Å². The van der Waals surface area contributed by atoms with E-state index in [2.05, 4.69) is 0 Å². The number of rotatable bonds is 7. The smallest absolute Gasteiger partial charge is 0.335 e. The van der Waals surface area contributed by atoms with Crippen molar-refractivity contribution >= 4 is 23.3 Å². The third kappa shape index (κ3) is 4.52. The summed E-state index contributed by atoms with van der Waals surface area (Å²) >= 11 is 0. The average molecular weight is 404 g/mol. The van der Waals surface area contributed by atoms with Crippen LogP contribution in [0.5, 0.6) is 0 Å². The van der Waals surface area contributed by atoms with Crippen molar-refractivity contribution in [3.63, 3.8) is 0 Å². The number of anilines is 1. The topological polar surface area (TPSA) is 101 Å². The van der Waals surface area contributed by atoms with Crippen molar-refractivity contribution in [2.75, 3.05) is 4.90 Å². The molecule has 0 bridgehead atoms. The van der Waals surface area contributed by atoms with Crippen LogP contribution in [0.3, 0.4) is 0 Å². The number of nitro groups is 1. The van der Waals surface area contributed by atoms with Crippen molar-refractivity contribution in [1.29, 1.82) is 0 Å². The summed E-state index contributed by atoms with van der Waals surface area (Å²) in [6, 6.07) is 19.4. The van der Waals surface area contributed by atoms with E-state index in [-0.39, 0.29) is 23.7 Å². The summed E-state index contributed by atoms with van der Waals surface area (Å²) in [5.74, 6) is -1.37. The first kappa shape index (κ1) is 20.7. The molecule has 0 aliphatic heterocycles. The summed E-state index contributed by atoms with van der Waals surface area (Å²) in [7, 11) is 0. The van der Waals surface area contributed by atoms with E-state index in [4.69, 9.17) is 0 Å². The molecule has 3 rings (SSSR count). The van der Waals surface area contributed by atoms with Crippen LogP contribution in [-0.2, 0) is 13.0 Å². The SMILES string of the molecule is CCc1ccccc1N(Cc1cccc(C(=O)O)c1)C(=O)c1ccc([N+](=O)[O-])cc1. The zero-order valence-electron chi connectivity index (χ0n) is 16.3. The fraction of sp³-hybridized carbons (Fsp3) is 0.130. The van der Waals surface area contributed by atoms with E-state index in [0.717, 1.165) is 5.56 Å². The van der Waals surface area contributed by atoms with Crippen LogP contribution < -0.4 is 4.90 Å². The number of carbonyl (C=O) groups is 2. The van der Waals surface area contributed by atoms with Crippen LogP contribution in [0.25, 0.3) is 0 Å². The van der Waals surface area contributed by atoms with E-state index in [9.17, 15) is 24.8 Å². The van der Waals surface area contributed by atoms with Gasteiger partial charge in [0.25, 0.3) is 11.6 Å². The summed E-state index contributed by atoms with van der Waals surface area (Å²) in [5, 5.41) is 20.2. The van der Waals surface area contributed by atoms with Crippen LogP contribution in [0.2, 0.25) is 0 Å². The first-order chi connectivity index (χ1) is 14.4. The van der Waals surface area contributed by atoms with E-state index in [0.29, 0.717) is 23.2 Å². The van der Waals surface area contributed by atoms with E-state index in [1.54, 1.807) is 17.0 Å². The van der Waals surface area contributed by atoms with Crippen LogP contribution >= 0.6 is 0 Å². The standard InChI is InChI=1S/C23H20N2O5/c1-2-17-7-3-4-9-21(17)24(15-16-6-5-8-19(14-16)23(27)28)22(26)18-10-12-20(13-11-18)25(29)30/h3-14H,2,15H2,1H3,(H,27,28). The molecular weight excluding hydrogens is 384 g/mol. The maximum atomic E-state index is 13.4. The van der Waals surface area contributed by atoms with Gasteiger partial charge < -0.3 is 10.0 Å². The number of aromatic carboxylic acids is 1. The van der Waals surface area contributed by atoms with Crippen LogP contribution in [0.1, 0.15) is 38.8 Å². The van der Waals surface area contributed by atoms with Crippen molar-refractivity contribution in [3.8, 4) is 0 Å². The molecular formula is C23H20N2O5. The minimum Gasteiger partial charge on any atom is -0.478 e. The van der Waals surface area contributed by atoms with Gasteiger partial charge in [0, 0.05) is 23.4 Å². The molecule has 0 saturated carbocycles. The number of carboxylic acids is 1. The van der Waals surface area contributed by atoms with Crippen molar-refractivity contribution in [3.05, 3.63) is 105 Å². The molecule has 0 aliphatic carbocycles. The summed E-state index contributed by atoms with van der Waals surface area (Å²) in [5.41, 5.74) is 2.68. The minimum atomic E-state index is -1.04. The summed E-state index contributed by atoms with van der Waals surface area (Å²) in [4.78, 5) is 36.6. The molecule has 0 saturated heterocycles. The van der Waals surface area contributed by atoms with Gasteiger partial charge in [-0.2, -0.15) is 0 Å². The summed E-state index contributed by atoms with van der Waals surface area (Å²) in [6.07, 6.45) is 0.704. The molecule has 0 atom stereocenters. The zero-order valence-corrected chi connectivity index (χ0v) is 16.3. The number of hydrogen-bond acceptors (Lipinski definition) is 4. The third-order valence-corrected chi connectivity index (χ3v) is 4.75.